The summed E-state index contributed by atoms with van der Waals surface area (Å²) in [6.07, 6.45) is 1.77. The molecule has 2 amide bonds. The number of benzene rings is 1. The van der Waals surface area contributed by atoms with E-state index < -0.39 is 12.0 Å². The first-order valence-corrected chi connectivity index (χ1v) is 10.1. The molecule has 9 heteroatoms. The summed E-state index contributed by atoms with van der Waals surface area (Å²) in [4.78, 5) is 38.4. The molecular formula is C20H25N3O5S. The lowest BCUT2D eigenvalue weighted by Gasteiger charge is -2.36. The third-order valence-electron chi connectivity index (χ3n) is 4.86. The zero-order valence-electron chi connectivity index (χ0n) is 16.1. The van der Waals surface area contributed by atoms with E-state index in [2.05, 4.69) is 10.6 Å². The van der Waals surface area contributed by atoms with Gasteiger partial charge in [-0.3, -0.25) is 14.4 Å². The van der Waals surface area contributed by atoms with Crippen molar-refractivity contribution in [3.05, 3.63) is 35.9 Å². The third kappa shape index (κ3) is 6.23. The minimum absolute atomic E-state index is 0.0754. The van der Waals surface area contributed by atoms with Gasteiger partial charge in [-0.1, -0.05) is 30.3 Å². The Morgan fingerprint density at radius 3 is 2.83 bits per heavy atom. The highest BCUT2D eigenvalue weighted by Crippen LogP contribution is 2.14. The maximum absolute atomic E-state index is 12.3. The molecule has 156 valence electrons. The van der Waals surface area contributed by atoms with Crippen LogP contribution in [0.15, 0.2) is 30.3 Å². The van der Waals surface area contributed by atoms with E-state index in [0.29, 0.717) is 19.7 Å². The summed E-state index contributed by atoms with van der Waals surface area (Å²) >= 11 is 5.34. The molecule has 0 radical (unpaired) electrons. The molecule has 1 aromatic rings. The summed E-state index contributed by atoms with van der Waals surface area (Å²) in [6.45, 7) is 1.65. The second-order valence-electron chi connectivity index (χ2n) is 7.04. The number of piperazine rings is 1. The molecule has 0 bridgehead atoms. The molecular weight excluding hydrogens is 394 g/mol. The van der Waals surface area contributed by atoms with Crippen molar-refractivity contribution >= 4 is 35.1 Å². The molecule has 0 aromatic heterocycles. The molecule has 2 aliphatic rings. The highest BCUT2D eigenvalue weighted by atomic mass is 32.1. The molecule has 0 spiro atoms. The van der Waals surface area contributed by atoms with E-state index in [4.69, 9.17) is 21.7 Å². The van der Waals surface area contributed by atoms with Gasteiger partial charge in [0.1, 0.15) is 12.6 Å². The van der Waals surface area contributed by atoms with Crippen LogP contribution in [0.5, 0.6) is 0 Å². The summed E-state index contributed by atoms with van der Waals surface area (Å²) < 4.78 is 10.7. The average Bonchev–Trinajstić information content (AvgIpc) is 3.22. The lowest BCUT2D eigenvalue weighted by molar-refractivity contribution is -0.150. The van der Waals surface area contributed by atoms with Crippen molar-refractivity contribution in [3.8, 4) is 0 Å². The van der Waals surface area contributed by atoms with Crippen LogP contribution >= 0.6 is 12.2 Å². The monoisotopic (exact) mass is 419 g/mol. The summed E-state index contributed by atoms with van der Waals surface area (Å²) in [7, 11) is 0. The Morgan fingerprint density at radius 1 is 1.31 bits per heavy atom. The maximum atomic E-state index is 12.3. The van der Waals surface area contributed by atoms with Crippen LogP contribution in [0.25, 0.3) is 0 Å². The summed E-state index contributed by atoms with van der Waals surface area (Å²) in [5.74, 6) is -1.08. The van der Waals surface area contributed by atoms with Crippen LogP contribution in [0.4, 0.5) is 0 Å². The molecule has 29 heavy (non-hydrogen) atoms. The quantitative estimate of drug-likeness (QED) is 0.513. The highest BCUT2D eigenvalue weighted by molar-refractivity contribution is 7.80. The molecule has 2 heterocycles. The van der Waals surface area contributed by atoms with Crippen LogP contribution in [-0.4, -0.2) is 66.2 Å². The molecule has 0 aliphatic carbocycles. The molecule has 2 fully saturated rings. The Bertz CT molecular complexity index is 752. The molecule has 2 atom stereocenters. The summed E-state index contributed by atoms with van der Waals surface area (Å²) in [6, 6.07) is 8.47. The minimum atomic E-state index is -0.815. The predicted octanol–water partition coefficient (Wildman–Crippen LogP) is 0.543. The summed E-state index contributed by atoms with van der Waals surface area (Å²) in [5, 5.41) is 5.53. The Balaban J connectivity index is 1.53. The number of carbonyl (C=O) groups excluding carboxylic acids is 3. The van der Waals surface area contributed by atoms with E-state index in [9.17, 15) is 14.4 Å². The van der Waals surface area contributed by atoms with E-state index in [-0.39, 0.29) is 42.5 Å². The van der Waals surface area contributed by atoms with Crippen LogP contribution in [0.1, 0.15) is 24.8 Å². The first kappa shape index (κ1) is 21.2. The summed E-state index contributed by atoms with van der Waals surface area (Å²) in [5.41, 5.74) is 0.860. The number of esters is 1. The van der Waals surface area contributed by atoms with Gasteiger partial charge in [-0.2, -0.15) is 0 Å². The number of nitrogens with one attached hydrogen (secondary N) is 2. The number of hydrogen-bond acceptors (Lipinski definition) is 6. The van der Waals surface area contributed by atoms with Crippen molar-refractivity contribution < 1.29 is 23.9 Å². The molecule has 8 nitrogen and oxygen atoms in total. The second-order valence-corrected chi connectivity index (χ2v) is 7.42. The van der Waals surface area contributed by atoms with Gasteiger partial charge in [0.05, 0.1) is 18.9 Å². The lowest BCUT2D eigenvalue weighted by Crippen LogP contribution is -2.60. The normalized spacial score (nSPS) is 21.4. The number of amides is 2. The fraction of sp³-hybridized carbons (Fsp3) is 0.500. The molecule has 2 saturated heterocycles. The Kier molecular flexibility index (Phi) is 7.54. The van der Waals surface area contributed by atoms with Gasteiger partial charge in [0.2, 0.25) is 11.8 Å². The number of nitrogens with zero attached hydrogens (tertiary/aromatic N) is 1. The molecule has 2 unspecified atom stereocenters. The highest BCUT2D eigenvalue weighted by Gasteiger charge is 2.34. The van der Waals surface area contributed by atoms with Crippen molar-refractivity contribution in [2.24, 2.45) is 0 Å². The second kappa shape index (κ2) is 10.3. The first-order chi connectivity index (χ1) is 14.0. The third-order valence-corrected chi connectivity index (χ3v) is 5.20. The number of thiocarbonyl (C=S) groups is 1. The van der Waals surface area contributed by atoms with Crippen LogP contribution in [0, 0.1) is 0 Å². The Labute approximate surface area is 174 Å². The van der Waals surface area contributed by atoms with E-state index in [1.807, 2.05) is 30.3 Å². The standard InChI is InChI=1S/C20H25N3O5S/c24-17(11-14-5-2-1-3-6-14)22-20(29)23-9-8-21-19(26)16(23)12-18(25)28-13-15-7-4-10-27-15/h1-3,5-6,15-16H,4,7-13H2,(H,21,26)(H,22,24,29). The fourth-order valence-electron chi connectivity index (χ4n) is 3.36. The molecule has 2 N–H and O–H groups in total. The maximum Gasteiger partial charge on any atom is 0.308 e. The van der Waals surface area contributed by atoms with Crippen LogP contribution in [0.2, 0.25) is 0 Å². The number of rotatable bonds is 6. The zero-order valence-corrected chi connectivity index (χ0v) is 16.9. The van der Waals surface area contributed by atoms with Gasteiger partial charge in [-0.05, 0) is 30.6 Å². The fourth-order valence-corrected chi connectivity index (χ4v) is 3.69. The zero-order chi connectivity index (χ0) is 20.6. The van der Waals surface area contributed by atoms with Crippen molar-refractivity contribution in [2.75, 3.05) is 26.3 Å². The smallest absolute Gasteiger partial charge is 0.308 e. The number of carbonyl (C=O) groups is 3. The Hall–Kier alpha value is -2.52. The van der Waals surface area contributed by atoms with E-state index in [1.54, 1.807) is 4.90 Å². The van der Waals surface area contributed by atoms with Gasteiger partial charge in [0.25, 0.3) is 0 Å². The van der Waals surface area contributed by atoms with Crippen molar-refractivity contribution in [3.63, 3.8) is 0 Å². The van der Waals surface area contributed by atoms with Crippen molar-refractivity contribution in [1.82, 2.24) is 15.5 Å². The molecule has 0 saturated carbocycles. The van der Waals surface area contributed by atoms with E-state index >= 15 is 0 Å². The average molecular weight is 420 g/mol. The molecule has 3 rings (SSSR count). The van der Waals surface area contributed by atoms with Gasteiger partial charge in [-0.15, -0.1) is 0 Å². The van der Waals surface area contributed by atoms with Crippen LogP contribution < -0.4 is 10.6 Å². The predicted molar refractivity (Wildman–Crippen MR) is 109 cm³/mol. The van der Waals surface area contributed by atoms with Gasteiger partial charge < -0.3 is 25.0 Å². The van der Waals surface area contributed by atoms with Gasteiger partial charge in [0, 0.05) is 19.7 Å². The van der Waals surface area contributed by atoms with Gasteiger partial charge in [0.15, 0.2) is 5.11 Å². The van der Waals surface area contributed by atoms with E-state index in [0.717, 1.165) is 18.4 Å². The number of ether oxygens (including phenoxy) is 2. The Morgan fingerprint density at radius 2 is 2.10 bits per heavy atom. The van der Waals surface area contributed by atoms with Gasteiger partial charge in [-0.25, -0.2) is 0 Å². The lowest BCUT2D eigenvalue weighted by atomic mass is 10.1. The van der Waals surface area contributed by atoms with E-state index in [1.165, 1.54) is 0 Å². The van der Waals surface area contributed by atoms with Crippen LogP contribution in [-0.2, 0) is 30.3 Å². The van der Waals surface area contributed by atoms with Crippen molar-refractivity contribution in [2.45, 2.75) is 37.8 Å². The first-order valence-electron chi connectivity index (χ1n) is 9.72. The minimum Gasteiger partial charge on any atom is -0.463 e. The van der Waals surface area contributed by atoms with Crippen molar-refractivity contribution in [1.29, 1.82) is 0 Å². The topological polar surface area (TPSA) is 97.0 Å². The largest absolute Gasteiger partial charge is 0.463 e. The van der Waals surface area contributed by atoms with Crippen LogP contribution in [0.3, 0.4) is 0 Å². The van der Waals surface area contributed by atoms with Gasteiger partial charge >= 0.3 is 5.97 Å². The SMILES string of the molecule is O=C(Cc1ccccc1)NC(=S)N1CCNC(=O)C1CC(=O)OCC1CCCO1. The molecule has 2 aliphatic heterocycles. The number of hydrogen-bond donors (Lipinski definition) is 2. The molecule has 1 aromatic carbocycles.